The van der Waals surface area contributed by atoms with Crippen LogP contribution in [0.25, 0.3) is 0 Å². The molecule has 100 valence electrons. The van der Waals surface area contributed by atoms with Gasteiger partial charge in [0.2, 0.25) is 0 Å². The Morgan fingerprint density at radius 3 is 2.72 bits per heavy atom. The highest BCUT2D eigenvalue weighted by atomic mass is 16.5. The molecule has 0 spiro atoms. The Balaban J connectivity index is 2.44. The third-order valence-electron chi connectivity index (χ3n) is 2.96. The fourth-order valence-corrected chi connectivity index (χ4v) is 1.86. The Hall–Kier alpha value is -1.35. The average Bonchev–Trinajstić information content (AvgIpc) is 2.38. The lowest BCUT2D eigenvalue weighted by Gasteiger charge is -2.07. The molecule has 0 saturated carbocycles. The monoisotopic (exact) mass is 249 g/mol. The molecule has 0 aliphatic carbocycles. The molecular formula is C15H23NO2. The van der Waals surface area contributed by atoms with Crippen molar-refractivity contribution in [1.29, 1.82) is 0 Å². The van der Waals surface area contributed by atoms with E-state index in [0.717, 1.165) is 29.8 Å². The van der Waals surface area contributed by atoms with Gasteiger partial charge in [-0.2, -0.15) is 0 Å². The zero-order chi connectivity index (χ0) is 13.4. The first-order valence-corrected chi connectivity index (χ1v) is 6.57. The van der Waals surface area contributed by atoms with E-state index in [2.05, 4.69) is 12.2 Å². The quantitative estimate of drug-likeness (QED) is 0.568. The van der Waals surface area contributed by atoms with Crippen molar-refractivity contribution in [3.63, 3.8) is 0 Å². The number of rotatable bonds is 8. The number of hydrogen-bond donors (Lipinski definition) is 1. The minimum atomic E-state index is 0.136. The number of Topliss-reactive ketones (excluding diaryl/α,β-unsaturated/α-hetero) is 1. The van der Waals surface area contributed by atoms with Crippen LogP contribution in [0.15, 0.2) is 18.2 Å². The summed E-state index contributed by atoms with van der Waals surface area (Å²) < 4.78 is 5.18. The Labute approximate surface area is 110 Å². The van der Waals surface area contributed by atoms with Crippen molar-refractivity contribution >= 4 is 5.78 Å². The molecule has 0 heterocycles. The molecule has 0 atom stereocenters. The molecule has 0 radical (unpaired) electrons. The molecule has 0 unspecified atom stereocenters. The van der Waals surface area contributed by atoms with Crippen molar-refractivity contribution in [2.45, 2.75) is 33.1 Å². The van der Waals surface area contributed by atoms with E-state index in [1.165, 1.54) is 12.8 Å². The number of hydrogen-bond acceptors (Lipinski definition) is 3. The van der Waals surface area contributed by atoms with Crippen molar-refractivity contribution < 1.29 is 9.53 Å². The lowest BCUT2D eigenvalue weighted by atomic mass is 10.1. The topological polar surface area (TPSA) is 38.3 Å². The first kappa shape index (κ1) is 14.7. The molecule has 1 aromatic rings. The number of ketones is 1. The van der Waals surface area contributed by atoms with E-state index in [1.54, 1.807) is 7.11 Å². The third kappa shape index (κ3) is 4.49. The highest BCUT2D eigenvalue weighted by molar-refractivity contribution is 5.97. The van der Waals surface area contributed by atoms with Gasteiger partial charge < -0.3 is 10.1 Å². The van der Waals surface area contributed by atoms with Crippen molar-refractivity contribution in [3.05, 3.63) is 29.3 Å². The second kappa shape index (κ2) is 7.88. The van der Waals surface area contributed by atoms with E-state index in [0.29, 0.717) is 6.54 Å². The van der Waals surface area contributed by atoms with Gasteiger partial charge in [-0.1, -0.05) is 19.8 Å². The molecule has 0 fully saturated rings. The fourth-order valence-electron chi connectivity index (χ4n) is 1.86. The minimum absolute atomic E-state index is 0.136. The normalized spacial score (nSPS) is 10.4. The zero-order valence-electron chi connectivity index (χ0n) is 11.6. The van der Waals surface area contributed by atoms with E-state index in [4.69, 9.17) is 4.74 Å². The van der Waals surface area contributed by atoms with Gasteiger partial charge in [0, 0.05) is 5.56 Å². The van der Waals surface area contributed by atoms with E-state index in [9.17, 15) is 4.79 Å². The number of methoxy groups -OCH3 is 1. The van der Waals surface area contributed by atoms with Gasteiger partial charge in [-0.05, 0) is 43.7 Å². The molecule has 0 aromatic heterocycles. The Kier molecular flexibility index (Phi) is 6.44. The number of nitrogens with one attached hydrogen (secondary N) is 1. The highest BCUT2D eigenvalue weighted by Crippen LogP contribution is 2.18. The molecule has 3 nitrogen and oxygen atoms in total. The number of ether oxygens (including phenoxy) is 1. The van der Waals surface area contributed by atoms with Gasteiger partial charge in [0.15, 0.2) is 5.78 Å². The maximum atomic E-state index is 11.9. The van der Waals surface area contributed by atoms with Crippen molar-refractivity contribution in [1.82, 2.24) is 5.32 Å². The van der Waals surface area contributed by atoms with Gasteiger partial charge in [0.05, 0.1) is 13.7 Å². The Morgan fingerprint density at radius 2 is 2.11 bits per heavy atom. The predicted molar refractivity (Wildman–Crippen MR) is 74.5 cm³/mol. The molecule has 1 aromatic carbocycles. The summed E-state index contributed by atoms with van der Waals surface area (Å²) in [6, 6.07) is 5.55. The summed E-state index contributed by atoms with van der Waals surface area (Å²) in [5.41, 5.74) is 1.74. The van der Waals surface area contributed by atoms with Gasteiger partial charge in [-0.25, -0.2) is 0 Å². The van der Waals surface area contributed by atoms with E-state index in [1.807, 2.05) is 25.1 Å². The molecule has 1 rings (SSSR count). The van der Waals surface area contributed by atoms with Crippen LogP contribution in [-0.2, 0) is 0 Å². The van der Waals surface area contributed by atoms with Crippen LogP contribution in [0.2, 0.25) is 0 Å². The van der Waals surface area contributed by atoms with Crippen LogP contribution in [-0.4, -0.2) is 26.0 Å². The number of carbonyl (C=O) groups excluding carboxylic acids is 1. The van der Waals surface area contributed by atoms with Crippen LogP contribution in [0, 0.1) is 6.92 Å². The van der Waals surface area contributed by atoms with Gasteiger partial charge in [-0.3, -0.25) is 4.79 Å². The van der Waals surface area contributed by atoms with Gasteiger partial charge >= 0.3 is 0 Å². The van der Waals surface area contributed by atoms with Gasteiger partial charge in [0.1, 0.15) is 5.75 Å². The summed E-state index contributed by atoms with van der Waals surface area (Å²) in [5.74, 6) is 0.958. The molecule has 18 heavy (non-hydrogen) atoms. The maximum absolute atomic E-state index is 11.9. The first-order valence-electron chi connectivity index (χ1n) is 6.57. The summed E-state index contributed by atoms with van der Waals surface area (Å²) in [7, 11) is 1.64. The number of aryl methyl sites for hydroxylation is 1. The third-order valence-corrected chi connectivity index (χ3v) is 2.96. The first-order chi connectivity index (χ1) is 8.69. The largest absolute Gasteiger partial charge is 0.496 e. The number of unbranched alkanes of at least 4 members (excludes halogenated alkanes) is 2. The standard InChI is InChI=1S/C15H23NO2/c1-4-5-6-9-16-11-14(17)13-7-8-15(18-3)12(2)10-13/h7-8,10,16H,4-6,9,11H2,1-3H3. The molecular weight excluding hydrogens is 226 g/mol. The SMILES string of the molecule is CCCCCNCC(=O)c1ccc(OC)c(C)c1. The van der Waals surface area contributed by atoms with Gasteiger partial charge in [0.25, 0.3) is 0 Å². The van der Waals surface area contributed by atoms with E-state index in [-0.39, 0.29) is 5.78 Å². The minimum Gasteiger partial charge on any atom is -0.496 e. The molecule has 0 saturated heterocycles. The van der Waals surface area contributed by atoms with Crippen LogP contribution in [0.3, 0.4) is 0 Å². The summed E-state index contributed by atoms with van der Waals surface area (Å²) in [6.45, 7) is 5.44. The lowest BCUT2D eigenvalue weighted by molar-refractivity contribution is 0.0991. The summed E-state index contributed by atoms with van der Waals surface area (Å²) in [6.07, 6.45) is 3.54. The van der Waals surface area contributed by atoms with Crippen LogP contribution < -0.4 is 10.1 Å². The second-order valence-corrected chi connectivity index (χ2v) is 4.49. The number of benzene rings is 1. The molecule has 0 aliphatic heterocycles. The van der Waals surface area contributed by atoms with Gasteiger partial charge in [-0.15, -0.1) is 0 Å². The maximum Gasteiger partial charge on any atom is 0.176 e. The van der Waals surface area contributed by atoms with Crippen molar-refractivity contribution in [2.24, 2.45) is 0 Å². The molecule has 3 heteroatoms. The van der Waals surface area contributed by atoms with Crippen LogP contribution >= 0.6 is 0 Å². The van der Waals surface area contributed by atoms with Crippen molar-refractivity contribution in [3.8, 4) is 5.75 Å². The molecule has 0 aliphatic rings. The smallest absolute Gasteiger partial charge is 0.176 e. The molecule has 1 N–H and O–H groups in total. The van der Waals surface area contributed by atoms with Crippen molar-refractivity contribution in [2.75, 3.05) is 20.2 Å². The van der Waals surface area contributed by atoms with E-state index >= 15 is 0 Å². The molecule has 0 bridgehead atoms. The van der Waals surface area contributed by atoms with E-state index < -0.39 is 0 Å². The Morgan fingerprint density at radius 1 is 1.33 bits per heavy atom. The summed E-state index contributed by atoms with van der Waals surface area (Å²) in [5, 5.41) is 3.19. The number of carbonyl (C=O) groups is 1. The van der Waals surface area contributed by atoms with Crippen LogP contribution in [0.5, 0.6) is 5.75 Å². The average molecular weight is 249 g/mol. The Bertz CT molecular complexity index is 388. The van der Waals surface area contributed by atoms with Crippen LogP contribution in [0.1, 0.15) is 42.1 Å². The highest BCUT2D eigenvalue weighted by Gasteiger charge is 2.07. The fraction of sp³-hybridized carbons (Fsp3) is 0.533. The molecule has 0 amide bonds. The zero-order valence-corrected chi connectivity index (χ0v) is 11.6. The summed E-state index contributed by atoms with van der Waals surface area (Å²) in [4.78, 5) is 11.9. The predicted octanol–water partition coefficient (Wildman–Crippen LogP) is 2.97. The summed E-state index contributed by atoms with van der Waals surface area (Å²) >= 11 is 0. The second-order valence-electron chi connectivity index (χ2n) is 4.49. The van der Waals surface area contributed by atoms with Crippen LogP contribution in [0.4, 0.5) is 0 Å². The lowest BCUT2D eigenvalue weighted by Crippen LogP contribution is -2.24.